The summed E-state index contributed by atoms with van der Waals surface area (Å²) in [5.41, 5.74) is -0.221. The molecule has 2 aromatic rings. The van der Waals surface area contributed by atoms with Crippen molar-refractivity contribution in [3.05, 3.63) is 48.0 Å². The molecule has 0 bridgehead atoms. The van der Waals surface area contributed by atoms with E-state index in [1.165, 1.54) is 0 Å². The molecule has 0 aliphatic rings. The summed E-state index contributed by atoms with van der Waals surface area (Å²) < 4.78 is 5.69. The van der Waals surface area contributed by atoms with Gasteiger partial charge in [0.05, 0.1) is 6.42 Å². The van der Waals surface area contributed by atoms with Crippen molar-refractivity contribution in [1.82, 2.24) is 4.90 Å². The molecule has 0 aliphatic heterocycles. The first-order valence-electron chi connectivity index (χ1n) is 10.8. The molecule has 0 atom stereocenters. The lowest BCUT2D eigenvalue weighted by molar-refractivity contribution is -0.139. The zero-order valence-corrected chi connectivity index (χ0v) is 20.0. The Bertz CT molecular complexity index is 924. The van der Waals surface area contributed by atoms with Gasteiger partial charge in [0.15, 0.2) is 0 Å². The van der Waals surface area contributed by atoms with E-state index in [1.807, 2.05) is 52.8 Å². The third-order valence-corrected chi connectivity index (χ3v) is 5.04. The van der Waals surface area contributed by atoms with Crippen molar-refractivity contribution in [2.24, 2.45) is 10.8 Å². The number of fused-ring (bicyclic) bond motifs is 1. The minimum Gasteiger partial charge on any atom is -0.481 e. The maximum atomic E-state index is 13.1. The van der Waals surface area contributed by atoms with E-state index in [4.69, 9.17) is 4.74 Å². The van der Waals surface area contributed by atoms with Gasteiger partial charge in [0.1, 0.15) is 5.60 Å². The number of carbonyl (C=O) groups is 2. The molecule has 1 amide bonds. The average Bonchev–Trinajstić information content (AvgIpc) is 2.57. The molecular formula is C26H37NO4. The Labute approximate surface area is 186 Å². The van der Waals surface area contributed by atoms with E-state index in [0.29, 0.717) is 19.5 Å². The van der Waals surface area contributed by atoms with Crippen LogP contribution in [-0.2, 0) is 16.1 Å². The van der Waals surface area contributed by atoms with Crippen LogP contribution in [0.1, 0.15) is 66.9 Å². The van der Waals surface area contributed by atoms with Crippen molar-refractivity contribution in [2.45, 2.75) is 73.5 Å². The van der Waals surface area contributed by atoms with Gasteiger partial charge < -0.3 is 14.7 Å². The van der Waals surface area contributed by atoms with E-state index in [1.54, 1.807) is 4.90 Å². The number of hydrogen-bond acceptors (Lipinski definition) is 3. The summed E-state index contributed by atoms with van der Waals surface area (Å²) in [6, 6.07) is 14.4. The molecular weight excluding hydrogens is 390 g/mol. The molecule has 2 aromatic carbocycles. The Morgan fingerprint density at radius 3 is 2.10 bits per heavy atom. The summed E-state index contributed by atoms with van der Waals surface area (Å²) in [6.45, 7) is 14.6. The van der Waals surface area contributed by atoms with Gasteiger partial charge >= 0.3 is 12.1 Å². The molecule has 1 N–H and O–H groups in total. The molecule has 5 nitrogen and oxygen atoms in total. The fourth-order valence-corrected chi connectivity index (χ4v) is 4.41. The molecule has 0 saturated carbocycles. The Kier molecular flexibility index (Phi) is 7.40. The second kappa shape index (κ2) is 9.29. The topological polar surface area (TPSA) is 66.8 Å². The lowest BCUT2D eigenvalue weighted by atomic mass is 9.73. The lowest BCUT2D eigenvalue weighted by Crippen LogP contribution is -2.43. The summed E-state index contributed by atoms with van der Waals surface area (Å²) in [5, 5.41) is 11.5. The number of amides is 1. The van der Waals surface area contributed by atoms with Crippen LogP contribution in [0.15, 0.2) is 42.5 Å². The number of ether oxygens (including phenoxy) is 1. The number of benzene rings is 2. The zero-order chi connectivity index (χ0) is 23.4. The highest BCUT2D eigenvalue weighted by atomic mass is 16.6. The van der Waals surface area contributed by atoms with Gasteiger partial charge in [-0.1, -0.05) is 64.1 Å². The summed E-state index contributed by atoms with van der Waals surface area (Å²) in [5.74, 6) is -0.805. The molecule has 0 fully saturated rings. The molecule has 170 valence electrons. The molecule has 0 unspecified atom stereocenters. The van der Waals surface area contributed by atoms with Gasteiger partial charge in [0.25, 0.3) is 0 Å². The quantitative estimate of drug-likeness (QED) is 0.522. The van der Waals surface area contributed by atoms with E-state index >= 15 is 0 Å². The Morgan fingerprint density at radius 1 is 0.903 bits per heavy atom. The van der Waals surface area contributed by atoms with Crippen LogP contribution in [0.4, 0.5) is 4.79 Å². The summed E-state index contributed by atoms with van der Waals surface area (Å²) in [6.07, 6.45) is 0.404. The fraction of sp³-hybridized carbons (Fsp3) is 0.538. The van der Waals surface area contributed by atoms with Gasteiger partial charge in [-0.25, -0.2) is 4.79 Å². The van der Waals surface area contributed by atoms with Crippen molar-refractivity contribution in [3.63, 3.8) is 0 Å². The normalized spacial score (nSPS) is 12.6. The molecule has 2 rings (SSSR count). The van der Waals surface area contributed by atoms with Crippen LogP contribution in [0.25, 0.3) is 10.8 Å². The number of hydrogen-bond donors (Lipinski definition) is 1. The number of carboxylic acids is 1. The van der Waals surface area contributed by atoms with Gasteiger partial charge in [-0.15, -0.1) is 0 Å². The Balaban J connectivity index is 2.26. The molecule has 0 heterocycles. The fourth-order valence-electron chi connectivity index (χ4n) is 4.41. The smallest absolute Gasteiger partial charge is 0.410 e. The van der Waals surface area contributed by atoms with Crippen molar-refractivity contribution in [3.8, 4) is 0 Å². The minimum absolute atomic E-state index is 0.0908. The van der Waals surface area contributed by atoms with Crippen LogP contribution in [0.2, 0.25) is 0 Å². The Morgan fingerprint density at radius 2 is 1.52 bits per heavy atom. The van der Waals surface area contributed by atoms with Gasteiger partial charge in [-0.2, -0.15) is 0 Å². The predicted molar refractivity (Wildman–Crippen MR) is 125 cm³/mol. The highest BCUT2D eigenvalue weighted by molar-refractivity contribution is 5.83. The molecule has 0 aromatic heterocycles. The van der Waals surface area contributed by atoms with Crippen molar-refractivity contribution in [2.75, 3.05) is 6.54 Å². The highest BCUT2D eigenvalue weighted by Gasteiger charge is 2.34. The molecule has 0 spiro atoms. The summed E-state index contributed by atoms with van der Waals surface area (Å²) in [4.78, 5) is 26.1. The van der Waals surface area contributed by atoms with Crippen LogP contribution in [0.5, 0.6) is 0 Å². The average molecular weight is 428 g/mol. The summed E-state index contributed by atoms with van der Waals surface area (Å²) >= 11 is 0. The molecule has 0 saturated heterocycles. The maximum Gasteiger partial charge on any atom is 0.410 e. The minimum atomic E-state index is -0.805. The van der Waals surface area contributed by atoms with Gasteiger partial charge in [0, 0.05) is 13.1 Å². The third kappa shape index (κ3) is 8.23. The SMILES string of the molecule is CC(C)(CC(=O)O)CC(C)(C)CN(Cc1ccc2ccccc2c1)C(=O)OC(C)(C)C. The van der Waals surface area contributed by atoms with Crippen LogP contribution in [-0.4, -0.2) is 34.2 Å². The molecule has 0 radical (unpaired) electrons. The first kappa shape index (κ1) is 24.7. The van der Waals surface area contributed by atoms with E-state index in [0.717, 1.165) is 16.3 Å². The van der Waals surface area contributed by atoms with E-state index in [2.05, 4.69) is 38.1 Å². The van der Waals surface area contributed by atoms with Gasteiger partial charge in [0.2, 0.25) is 0 Å². The molecule has 5 heteroatoms. The van der Waals surface area contributed by atoms with Crippen molar-refractivity contribution >= 4 is 22.8 Å². The molecule has 31 heavy (non-hydrogen) atoms. The highest BCUT2D eigenvalue weighted by Crippen LogP contribution is 2.37. The van der Waals surface area contributed by atoms with Crippen LogP contribution in [0.3, 0.4) is 0 Å². The number of carbonyl (C=O) groups excluding carboxylic acids is 1. The number of nitrogens with zero attached hydrogens (tertiary/aromatic N) is 1. The van der Waals surface area contributed by atoms with Crippen LogP contribution in [0, 0.1) is 10.8 Å². The monoisotopic (exact) mass is 427 g/mol. The van der Waals surface area contributed by atoms with E-state index in [9.17, 15) is 14.7 Å². The second-order valence-corrected chi connectivity index (χ2v) is 11.1. The number of rotatable bonds is 8. The predicted octanol–water partition coefficient (Wildman–Crippen LogP) is 6.49. The zero-order valence-electron chi connectivity index (χ0n) is 20.0. The van der Waals surface area contributed by atoms with Gasteiger partial charge in [-0.05, 0) is 60.4 Å². The van der Waals surface area contributed by atoms with Crippen LogP contribution >= 0.6 is 0 Å². The first-order valence-corrected chi connectivity index (χ1v) is 10.8. The lowest BCUT2D eigenvalue weighted by Gasteiger charge is -2.38. The molecule has 0 aliphatic carbocycles. The maximum absolute atomic E-state index is 13.1. The first-order chi connectivity index (χ1) is 14.2. The van der Waals surface area contributed by atoms with E-state index < -0.39 is 11.6 Å². The number of aliphatic carboxylic acids is 1. The van der Waals surface area contributed by atoms with Gasteiger partial charge in [-0.3, -0.25) is 4.79 Å². The van der Waals surface area contributed by atoms with Crippen LogP contribution < -0.4 is 0 Å². The van der Waals surface area contributed by atoms with Crippen molar-refractivity contribution in [1.29, 1.82) is 0 Å². The standard InChI is InChI=1S/C26H37NO4/c1-24(2,3)31-23(30)27(18-26(6,7)17-25(4,5)15-22(28)29)16-19-12-13-20-10-8-9-11-21(20)14-19/h8-14H,15-18H2,1-7H3,(H,28,29). The largest absolute Gasteiger partial charge is 0.481 e. The number of carboxylic acid groups (broad SMARTS) is 1. The second-order valence-electron chi connectivity index (χ2n) is 11.1. The van der Waals surface area contributed by atoms with E-state index in [-0.39, 0.29) is 23.3 Å². The Hall–Kier alpha value is -2.56. The van der Waals surface area contributed by atoms with Crippen molar-refractivity contribution < 1.29 is 19.4 Å². The third-order valence-electron chi connectivity index (χ3n) is 5.04. The summed E-state index contributed by atoms with van der Waals surface area (Å²) in [7, 11) is 0.